The number of aliphatic carboxylic acids is 1. The lowest BCUT2D eigenvalue weighted by Gasteiger charge is -2.23. The largest absolute Gasteiger partial charge is 0.481 e. The molecule has 2 aromatic carbocycles. The number of amides is 4. The van der Waals surface area contributed by atoms with E-state index in [0.717, 1.165) is 10.5 Å². The number of carbonyl (C=O) groups is 4. The molecule has 1 aliphatic heterocycles. The summed E-state index contributed by atoms with van der Waals surface area (Å²) in [7, 11) is 0. The fourth-order valence-corrected chi connectivity index (χ4v) is 3.52. The van der Waals surface area contributed by atoms with E-state index in [4.69, 9.17) is 5.84 Å². The van der Waals surface area contributed by atoms with Gasteiger partial charge in [0.25, 0.3) is 5.91 Å². The predicted octanol–water partition coefficient (Wildman–Crippen LogP) is 1.08. The Morgan fingerprint density at radius 2 is 1.84 bits per heavy atom. The molecule has 0 bridgehead atoms. The first-order valence-electron chi connectivity index (χ1n) is 9.78. The number of nitrogens with zero attached hydrogens (tertiary/aromatic N) is 2. The Kier molecular flexibility index (Phi) is 6.53. The van der Waals surface area contributed by atoms with Crippen molar-refractivity contribution in [1.29, 1.82) is 0 Å². The number of imide groups is 1. The van der Waals surface area contributed by atoms with Crippen LogP contribution in [0.3, 0.4) is 0 Å². The van der Waals surface area contributed by atoms with Crippen molar-refractivity contribution in [2.75, 3.05) is 6.54 Å². The first-order valence-corrected chi connectivity index (χ1v) is 9.78. The van der Waals surface area contributed by atoms with E-state index < -0.39 is 41.9 Å². The smallest absolute Gasteiger partial charge is 0.325 e. The Labute approximate surface area is 184 Å². The summed E-state index contributed by atoms with van der Waals surface area (Å²) in [4.78, 5) is 50.2. The number of benzene rings is 2. The minimum Gasteiger partial charge on any atom is -0.481 e. The van der Waals surface area contributed by atoms with Crippen LogP contribution in [0.4, 0.5) is 4.79 Å². The standard InChI is InChI=1S/C22H23N5O5/c1-22(16-9-7-14(8-10-16)12-24-23)20(31)27(21(32)26-22)13-18(28)25-17(11-19(29)30)15-5-3-2-4-6-15/h2-10,12,17H,11,13,23H2,1H3,(H,25,28)(H,26,32)(H,29,30)/t17-,22-/m0/s1. The lowest BCUT2D eigenvalue weighted by atomic mass is 9.91. The van der Waals surface area contributed by atoms with Crippen LogP contribution < -0.4 is 16.5 Å². The minimum atomic E-state index is -1.35. The van der Waals surface area contributed by atoms with Gasteiger partial charge in [0.15, 0.2) is 0 Å². The van der Waals surface area contributed by atoms with E-state index in [0.29, 0.717) is 11.1 Å². The van der Waals surface area contributed by atoms with Crippen molar-refractivity contribution in [2.45, 2.75) is 24.9 Å². The van der Waals surface area contributed by atoms with Crippen molar-refractivity contribution < 1.29 is 24.3 Å². The van der Waals surface area contributed by atoms with Crippen molar-refractivity contribution >= 4 is 30.0 Å². The Balaban J connectivity index is 1.74. The number of carboxylic acid groups (broad SMARTS) is 1. The molecule has 5 N–H and O–H groups in total. The summed E-state index contributed by atoms with van der Waals surface area (Å²) < 4.78 is 0. The molecule has 1 saturated heterocycles. The maximum Gasteiger partial charge on any atom is 0.325 e. The van der Waals surface area contributed by atoms with Crippen LogP contribution >= 0.6 is 0 Å². The Bertz CT molecular complexity index is 1050. The van der Waals surface area contributed by atoms with Crippen LogP contribution in [0.2, 0.25) is 0 Å². The zero-order valence-corrected chi connectivity index (χ0v) is 17.3. The van der Waals surface area contributed by atoms with Crippen LogP contribution in [0.1, 0.15) is 36.1 Å². The summed E-state index contributed by atoms with van der Waals surface area (Å²) in [6, 6.07) is 13.8. The summed E-state index contributed by atoms with van der Waals surface area (Å²) in [6.45, 7) is 1.01. The maximum atomic E-state index is 13.0. The number of carboxylic acids is 1. The van der Waals surface area contributed by atoms with E-state index in [-0.39, 0.29) is 6.42 Å². The van der Waals surface area contributed by atoms with E-state index in [1.165, 1.54) is 6.21 Å². The quantitative estimate of drug-likeness (QED) is 0.210. The van der Waals surface area contributed by atoms with Gasteiger partial charge in [0.05, 0.1) is 18.7 Å². The molecule has 4 amide bonds. The van der Waals surface area contributed by atoms with Crippen molar-refractivity contribution in [2.24, 2.45) is 10.9 Å². The highest BCUT2D eigenvalue weighted by Gasteiger charge is 2.49. The fraction of sp³-hybridized carbons (Fsp3) is 0.227. The van der Waals surface area contributed by atoms with Gasteiger partial charge in [-0.3, -0.25) is 19.3 Å². The summed E-state index contributed by atoms with van der Waals surface area (Å²) in [5, 5.41) is 17.8. The highest BCUT2D eigenvalue weighted by molar-refractivity contribution is 6.09. The van der Waals surface area contributed by atoms with E-state index >= 15 is 0 Å². The maximum absolute atomic E-state index is 13.0. The second kappa shape index (κ2) is 9.29. The van der Waals surface area contributed by atoms with Crippen LogP contribution in [-0.4, -0.2) is 46.6 Å². The van der Waals surface area contributed by atoms with Crippen molar-refractivity contribution in [1.82, 2.24) is 15.5 Å². The third-order valence-electron chi connectivity index (χ3n) is 5.20. The number of carbonyl (C=O) groups excluding carboxylic acids is 3. The van der Waals surface area contributed by atoms with Crippen molar-refractivity contribution in [3.8, 4) is 0 Å². The van der Waals surface area contributed by atoms with Crippen LogP contribution in [-0.2, 0) is 19.9 Å². The first-order chi connectivity index (χ1) is 15.2. The molecule has 3 rings (SSSR count). The predicted molar refractivity (Wildman–Crippen MR) is 115 cm³/mol. The molecule has 0 spiro atoms. The van der Waals surface area contributed by atoms with Gasteiger partial charge in [0.1, 0.15) is 12.1 Å². The highest BCUT2D eigenvalue weighted by atomic mass is 16.4. The van der Waals surface area contributed by atoms with Gasteiger partial charge in [0, 0.05) is 0 Å². The van der Waals surface area contributed by atoms with E-state index in [1.54, 1.807) is 61.5 Å². The molecule has 0 saturated carbocycles. The van der Waals surface area contributed by atoms with Gasteiger partial charge in [-0.15, -0.1) is 0 Å². The van der Waals surface area contributed by atoms with Crippen LogP contribution in [0, 0.1) is 0 Å². The number of nitrogens with two attached hydrogens (primary N) is 1. The average molecular weight is 437 g/mol. The van der Waals surface area contributed by atoms with E-state index in [2.05, 4.69) is 15.7 Å². The Morgan fingerprint density at radius 3 is 2.44 bits per heavy atom. The molecular formula is C22H23N5O5. The third kappa shape index (κ3) is 4.75. The van der Waals surface area contributed by atoms with E-state index in [1.807, 2.05) is 0 Å². The minimum absolute atomic E-state index is 0.341. The normalized spacial score (nSPS) is 19.1. The number of hydrogen-bond donors (Lipinski definition) is 4. The molecule has 10 nitrogen and oxygen atoms in total. The van der Waals surface area contributed by atoms with Gasteiger partial charge in [-0.25, -0.2) is 4.79 Å². The lowest BCUT2D eigenvalue weighted by Crippen LogP contribution is -2.44. The fourth-order valence-electron chi connectivity index (χ4n) is 3.52. The number of hydrogen-bond acceptors (Lipinski definition) is 6. The lowest BCUT2D eigenvalue weighted by molar-refractivity contribution is -0.138. The van der Waals surface area contributed by atoms with Crippen LogP contribution in [0.15, 0.2) is 59.7 Å². The Hall–Kier alpha value is -4.21. The highest BCUT2D eigenvalue weighted by Crippen LogP contribution is 2.29. The van der Waals surface area contributed by atoms with Gasteiger partial charge in [0.2, 0.25) is 5.91 Å². The summed E-state index contributed by atoms with van der Waals surface area (Å²) in [6.07, 6.45) is 1.10. The molecule has 1 fully saturated rings. The summed E-state index contributed by atoms with van der Waals surface area (Å²) in [5.41, 5.74) is 0.501. The molecule has 32 heavy (non-hydrogen) atoms. The Morgan fingerprint density at radius 1 is 1.19 bits per heavy atom. The molecular weight excluding hydrogens is 414 g/mol. The molecule has 1 heterocycles. The third-order valence-corrected chi connectivity index (χ3v) is 5.20. The summed E-state index contributed by atoms with van der Waals surface area (Å²) in [5.74, 6) is 2.80. The SMILES string of the molecule is C[C@@]1(c2ccc(C=NN)cc2)NC(=O)N(CC(=O)N[C@@H](CC(=O)O)c2ccccc2)C1=O. The van der Waals surface area contributed by atoms with Crippen LogP contribution in [0.25, 0.3) is 0 Å². The van der Waals surface area contributed by atoms with Gasteiger partial charge >= 0.3 is 12.0 Å². The number of hydrazone groups is 1. The van der Waals surface area contributed by atoms with Gasteiger partial charge in [-0.1, -0.05) is 54.6 Å². The van der Waals surface area contributed by atoms with E-state index in [9.17, 15) is 24.3 Å². The van der Waals surface area contributed by atoms with Crippen molar-refractivity contribution in [3.05, 3.63) is 71.3 Å². The molecule has 0 aromatic heterocycles. The molecule has 166 valence electrons. The number of urea groups is 1. The molecule has 2 aromatic rings. The topological polar surface area (TPSA) is 154 Å². The molecule has 0 unspecified atom stereocenters. The first kappa shape index (κ1) is 22.5. The summed E-state index contributed by atoms with van der Waals surface area (Å²) >= 11 is 0. The second-order valence-electron chi connectivity index (χ2n) is 7.48. The zero-order valence-electron chi connectivity index (χ0n) is 17.3. The number of nitrogens with one attached hydrogen (secondary N) is 2. The van der Waals surface area contributed by atoms with Crippen LogP contribution in [0.5, 0.6) is 0 Å². The molecule has 2 atom stereocenters. The van der Waals surface area contributed by atoms with Crippen molar-refractivity contribution in [3.63, 3.8) is 0 Å². The monoisotopic (exact) mass is 437 g/mol. The molecule has 0 radical (unpaired) electrons. The average Bonchev–Trinajstić information content (AvgIpc) is 2.98. The second-order valence-corrected chi connectivity index (χ2v) is 7.48. The van der Waals surface area contributed by atoms with Gasteiger partial charge in [-0.2, -0.15) is 5.10 Å². The number of rotatable bonds is 8. The molecule has 0 aliphatic carbocycles. The zero-order chi connectivity index (χ0) is 23.3. The molecule has 10 heteroatoms. The van der Waals surface area contributed by atoms with Gasteiger partial charge in [-0.05, 0) is 23.6 Å². The van der Waals surface area contributed by atoms with Gasteiger partial charge < -0.3 is 21.6 Å². The molecule has 1 aliphatic rings.